The first-order valence-corrected chi connectivity index (χ1v) is 8.93. The summed E-state index contributed by atoms with van der Waals surface area (Å²) in [5, 5.41) is 4.40. The van der Waals surface area contributed by atoms with Gasteiger partial charge in [0, 0.05) is 17.8 Å². The molecule has 0 radical (unpaired) electrons. The normalized spacial score (nSPS) is 11.2. The molecule has 1 aromatic heterocycles. The van der Waals surface area contributed by atoms with Crippen molar-refractivity contribution in [2.75, 3.05) is 11.1 Å². The number of amides is 2. The number of carbonyl (C=O) groups is 1. The van der Waals surface area contributed by atoms with Gasteiger partial charge >= 0.3 is 12.2 Å². The second-order valence-electron chi connectivity index (χ2n) is 6.29. The van der Waals surface area contributed by atoms with Crippen LogP contribution in [0.2, 0.25) is 5.02 Å². The minimum atomic E-state index is -4.64. The Morgan fingerprint density at radius 2 is 1.90 bits per heavy atom. The Hall–Kier alpha value is -3.33. The molecular formula is C20H15ClF4N4O. The molecule has 5 nitrogen and oxygen atoms in total. The largest absolute Gasteiger partial charge is 0.417 e. The van der Waals surface area contributed by atoms with Crippen molar-refractivity contribution in [3.63, 3.8) is 0 Å². The van der Waals surface area contributed by atoms with Gasteiger partial charge in [0.2, 0.25) is 0 Å². The van der Waals surface area contributed by atoms with Crippen molar-refractivity contribution in [1.82, 2.24) is 10.3 Å². The van der Waals surface area contributed by atoms with Gasteiger partial charge in [0.25, 0.3) is 0 Å². The van der Waals surface area contributed by atoms with E-state index in [0.717, 1.165) is 18.3 Å². The van der Waals surface area contributed by atoms with E-state index in [2.05, 4.69) is 15.6 Å². The number of nitrogens with two attached hydrogens (primary N) is 1. The van der Waals surface area contributed by atoms with Crippen LogP contribution in [0.4, 0.5) is 33.9 Å². The molecule has 10 heteroatoms. The maximum absolute atomic E-state index is 13.5. The first kappa shape index (κ1) is 21.4. The Morgan fingerprint density at radius 3 is 2.63 bits per heavy atom. The Morgan fingerprint density at radius 1 is 1.13 bits per heavy atom. The predicted octanol–water partition coefficient (Wildman–Crippen LogP) is 5.46. The van der Waals surface area contributed by atoms with Crippen LogP contribution in [0.5, 0.6) is 0 Å². The van der Waals surface area contributed by atoms with E-state index in [1.54, 1.807) is 24.3 Å². The highest BCUT2D eigenvalue weighted by Crippen LogP contribution is 2.36. The number of halogens is 5. The Balaban J connectivity index is 1.68. The average Bonchev–Trinajstić information content (AvgIpc) is 2.69. The molecule has 0 aliphatic carbocycles. The lowest BCUT2D eigenvalue weighted by Gasteiger charge is -2.13. The van der Waals surface area contributed by atoms with E-state index in [1.807, 2.05) is 0 Å². The number of pyridine rings is 1. The minimum Gasteiger partial charge on any atom is -0.383 e. The van der Waals surface area contributed by atoms with Gasteiger partial charge in [-0.05, 0) is 41.5 Å². The number of hydrogen-bond acceptors (Lipinski definition) is 3. The van der Waals surface area contributed by atoms with Crippen molar-refractivity contribution < 1.29 is 22.4 Å². The number of alkyl halides is 3. The lowest BCUT2D eigenvalue weighted by molar-refractivity contribution is -0.137. The molecule has 0 saturated carbocycles. The van der Waals surface area contributed by atoms with Gasteiger partial charge in [0.15, 0.2) is 0 Å². The quantitative estimate of drug-likeness (QED) is 0.473. The summed E-state index contributed by atoms with van der Waals surface area (Å²) in [6, 6.07) is 10.4. The van der Waals surface area contributed by atoms with E-state index in [0.29, 0.717) is 16.7 Å². The monoisotopic (exact) mass is 438 g/mol. The predicted molar refractivity (Wildman–Crippen MR) is 106 cm³/mol. The Bertz CT molecular complexity index is 1090. The third-order valence-corrected chi connectivity index (χ3v) is 4.44. The second-order valence-corrected chi connectivity index (χ2v) is 6.69. The van der Waals surface area contributed by atoms with Crippen LogP contribution in [0.15, 0.2) is 54.7 Å². The van der Waals surface area contributed by atoms with Crippen molar-refractivity contribution in [2.24, 2.45) is 0 Å². The summed E-state index contributed by atoms with van der Waals surface area (Å²) in [7, 11) is 0. The molecule has 0 atom stereocenters. The van der Waals surface area contributed by atoms with E-state index in [9.17, 15) is 22.4 Å². The molecule has 0 bridgehead atoms. The molecule has 0 aliphatic heterocycles. The number of benzene rings is 2. The zero-order valence-corrected chi connectivity index (χ0v) is 16.0. The molecule has 2 aromatic carbocycles. The number of nitrogen functional groups attached to an aromatic ring is 1. The number of nitrogens with zero attached hydrogens (tertiary/aromatic N) is 1. The standard InChI is InChI=1S/C20H15ClF4N4O/c21-17-5-4-14(8-16(17)20(23,24)25)29-19(30)28-9-11-2-1-3-12(6-11)15-7-13(22)10-27-18(15)26/h1-8,10H,9H2,(H2,26,27)(H2,28,29,30). The first-order chi connectivity index (χ1) is 14.1. The number of carbonyl (C=O) groups excluding carboxylic acids is 1. The van der Waals surface area contributed by atoms with E-state index in [-0.39, 0.29) is 18.1 Å². The second kappa shape index (κ2) is 8.58. The fourth-order valence-electron chi connectivity index (χ4n) is 2.71. The SMILES string of the molecule is Nc1ncc(F)cc1-c1cccc(CNC(=O)Nc2ccc(Cl)c(C(F)(F)F)c2)c1. The topological polar surface area (TPSA) is 80.0 Å². The highest BCUT2D eigenvalue weighted by atomic mass is 35.5. The smallest absolute Gasteiger partial charge is 0.383 e. The van der Waals surface area contributed by atoms with Crippen LogP contribution in [0.25, 0.3) is 11.1 Å². The molecule has 1 heterocycles. The molecule has 156 valence electrons. The van der Waals surface area contributed by atoms with Crippen LogP contribution in [0.1, 0.15) is 11.1 Å². The van der Waals surface area contributed by atoms with Gasteiger partial charge in [-0.3, -0.25) is 0 Å². The van der Waals surface area contributed by atoms with Gasteiger partial charge in [-0.25, -0.2) is 14.2 Å². The number of nitrogens with one attached hydrogen (secondary N) is 2. The zero-order chi connectivity index (χ0) is 21.9. The van der Waals surface area contributed by atoms with Crippen LogP contribution in [-0.2, 0) is 12.7 Å². The summed E-state index contributed by atoms with van der Waals surface area (Å²) < 4.78 is 52.2. The van der Waals surface area contributed by atoms with Crippen molar-refractivity contribution in [3.8, 4) is 11.1 Å². The summed E-state index contributed by atoms with van der Waals surface area (Å²) in [4.78, 5) is 15.8. The van der Waals surface area contributed by atoms with Gasteiger partial charge in [-0.1, -0.05) is 29.8 Å². The molecule has 4 N–H and O–H groups in total. The van der Waals surface area contributed by atoms with Crippen LogP contribution < -0.4 is 16.4 Å². The first-order valence-electron chi connectivity index (χ1n) is 8.55. The molecule has 0 saturated heterocycles. The number of urea groups is 1. The van der Waals surface area contributed by atoms with E-state index < -0.39 is 28.6 Å². The van der Waals surface area contributed by atoms with Crippen LogP contribution in [0.3, 0.4) is 0 Å². The minimum absolute atomic E-state index is 0.0587. The molecular weight excluding hydrogens is 424 g/mol. The summed E-state index contributed by atoms with van der Waals surface area (Å²) >= 11 is 5.56. The van der Waals surface area contributed by atoms with E-state index in [4.69, 9.17) is 17.3 Å². The average molecular weight is 439 g/mol. The maximum atomic E-state index is 13.5. The van der Waals surface area contributed by atoms with Gasteiger partial charge in [-0.2, -0.15) is 13.2 Å². The summed E-state index contributed by atoms with van der Waals surface area (Å²) in [6.07, 6.45) is -3.63. The summed E-state index contributed by atoms with van der Waals surface area (Å²) in [5.41, 5.74) is 6.36. The molecule has 0 aliphatic rings. The van der Waals surface area contributed by atoms with Gasteiger partial charge in [-0.15, -0.1) is 0 Å². The van der Waals surface area contributed by atoms with E-state index >= 15 is 0 Å². The fourth-order valence-corrected chi connectivity index (χ4v) is 2.93. The van der Waals surface area contributed by atoms with Crippen molar-refractivity contribution in [1.29, 1.82) is 0 Å². The lowest BCUT2D eigenvalue weighted by atomic mass is 10.0. The molecule has 0 unspecified atom stereocenters. The van der Waals surface area contributed by atoms with Gasteiger partial charge in [0.1, 0.15) is 11.6 Å². The van der Waals surface area contributed by atoms with Crippen LogP contribution >= 0.6 is 11.6 Å². The molecule has 3 aromatic rings. The molecule has 2 amide bonds. The third kappa shape index (κ3) is 5.18. The Kier molecular flexibility index (Phi) is 6.12. The molecule has 30 heavy (non-hydrogen) atoms. The van der Waals surface area contributed by atoms with Gasteiger partial charge in [0.05, 0.1) is 16.8 Å². The van der Waals surface area contributed by atoms with Gasteiger partial charge < -0.3 is 16.4 Å². The fraction of sp³-hybridized carbons (Fsp3) is 0.100. The van der Waals surface area contributed by atoms with Crippen molar-refractivity contribution >= 4 is 29.1 Å². The molecule has 3 rings (SSSR count). The number of hydrogen-bond donors (Lipinski definition) is 3. The number of aromatic nitrogens is 1. The summed E-state index contributed by atoms with van der Waals surface area (Å²) in [5.74, 6) is -0.384. The van der Waals surface area contributed by atoms with E-state index in [1.165, 1.54) is 12.1 Å². The zero-order valence-electron chi connectivity index (χ0n) is 15.2. The summed E-state index contributed by atoms with van der Waals surface area (Å²) in [6.45, 7) is 0.0715. The maximum Gasteiger partial charge on any atom is 0.417 e. The highest BCUT2D eigenvalue weighted by molar-refractivity contribution is 6.31. The Labute approximate surface area is 173 Å². The van der Waals surface area contributed by atoms with Crippen molar-refractivity contribution in [2.45, 2.75) is 12.7 Å². The number of rotatable bonds is 4. The third-order valence-electron chi connectivity index (χ3n) is 4.11. The molecule has 0 spiro atoms. The van der Waals surface area contributed by atoms with Crippen LogP contribution in [0, 0.1) is 5.82 Å². The van der Waals surface area contributed by atoms with Crippen molar-refractivity contribution in [3.05, 3.63) is 76.7 Å². The highest BCUT2D eigenvalue weighted by Gasteiger charge is 2.33. The van der Waals surface area contributed by atoms with Crippen LogP contribution in [-0.4, -0.2) is 11.0 Å². The molecule has 0 fully saturated rings. The lowest BCUT2D eigenvalue weighted by Crippen LogP contribution is -2.28. The number of anilines is 2.